The van der Waals surface area contributed by atoms with Gasteiger partial charge in [0.05, 0.1) is 10.6 Å². The predicted octanol–water partition coefficient (Wildman–Crippen LogP) is 3.91. The number of hydrogen-bond acceptors (Lipinski definition) is 3. The number of halogens is 1. The predicted molar refractivity (Wildman–Crippen MR) is 76.2 cm³/mol. The van der Waals surface area contributed by atoms with Crippen LogP contribution in [-0.2, 0) is 6.42 Å². The summed E-state index contributed by atoms with van der Waals surface area (Å²) in [6.45, 7) is 4.13. The fourth-order valence-electron chi connectivity index (χ4n) is 2.49. The first-order valence-corrected chi connectivity index (χ1v) is 7.14. The molecule has 2 rings (SSSR count). The van der Waals surface area contributed by atoms with Crippen molar-refractivity contribution in [2.24, 2.45) is 0 Å². The fourth-order valence-corrected chi connectivity index (χ4v) is 3.23. The summed E-state index contributed by atoms with van der Waals surface area (Å²) in [4.78, 5) is 12.9. The number of anilines is 1. The van der Waals surface area contributed by atoms with Gasteiger partial charge < -0.3 is 4.90 Å². The fraction of sp³-hybridized carbons (Fsp3) is 0.538. The van der Waals surface area contributed by atoms with Crippen LogP contribution in [0.3, 0.4) is 0 Å². The number of nitro groups is 1. The Morgan fingerprint density at radius 3 is 2.56 bits per heavy atom. The molecule has 0 aliphatic carbocycles. The number of rotatable bonds is 3. The van der Waals surface area contributed by atoms with E-state index in [1.807, 2.05) is 6.92 Å². The third-order valence-corrected chi connectivity index (χ3v) is 4.00. The van der Waals surface area contributed by atoms with Crippen LogP contribution < -0.4 is 4.90 Å². The minimum absolute atomic E-state index is 0.166. The molecule has 1 aromatic rings. The van der Waals surface area contributed by atoms with E-state index in [-0.39, 0.29) is 10.6 Å². The zero-order valence-corrected chi connectivity index (χ0v) is 12.1. The number of nitrogens with zero attached hydrogens (tertiary/aromatic N) is 2. The van der Waals surface area contributed by atoms with Crippen LogP contribution in [0, 0.1) is 10.1 Å². The molecule has 0 N–H and O–H groups in total. The number of nitro benzene ring substituents is 1. The van der Waals surface area contributed by atoms with E-state index in [2.05, 4.69) is 20.8 Å². The summed E-state index contributed by atoms with van der Waals surface area (Å²) >= 11 is 3.50. The van der Waals surface area contributed by atoms with Crippen molar-refractivity contribution in [2.75, 3.05) is 18.0 Å². The highest BCUT2D eigenvalue weighted by Crippen LogP contribution is 2.36. The summed E-state index contributed by atoms with van der Waals surface area (Å²) < 4.78 is 0.843. The zero-order chi connectivity index (χ0) is 13.1. The highest BCUT2D eigenvalue weighted by Gasteiger charge is 2.20. The third kappa shape index (κ3) is 2.66. The van der Waals surface area contributed by atoms with Gasteiger partial charge in [-0.15, -0.1) is 0 Å². The van der Waals surface area contributed by atoms with Crippen molar-refractivity contribution >= 4 is 27.3 Å². The number of piperidine rings is 1. The van der Waals surface area contributed by atoms with Crippen LogP contribution in [0.2, 0.25) is 0 Å². The molecule has 18 heavy (non-hydrogen) atoms. The maximum Gasteiger partial charge on any atom is 0.270 e. The van der Waals surface area contributed by atoms with E-state index in [1.165, 1.54) is 19.3 Å². The Kier molecular flexibility index (Phi) is 4.22. The van der Waals surface area contributed by atoms with Crippen LogP contribution in [0.4, 0.5) is 11.4 Å². The van der Waals surface area contributed by atoms with Gasteiger partial charge in [0.2, 0.25) is 0 Å². The topological polar surface area (TPSA) is 46.4 Å². The van der Waals surface area contributed by atoms with Gasteiger partial charge in [0.15, 0.2) is 0 Å². The van der Waals surface area contributed by atoms with Crippen molar-refractivity contribution in [3.63, 3.8) is 0 Å². The molecule has 1 saturated heterocycles. The Balaban J connectivity index is 2.42. The number of non-ortho nitro benzene ring substituents is 1. The summed E-state index contributed by atoms with van der Waals surface area (Å²) in [6.07, 6.45) is 4.49. The van der Waals surface area contributed by atoms with Gasteiger partial charge in [-0.1, -0.05) is 6.92 Å². The molecule has 98 valence electrons. The second kappa shape index (κ2) is 5.69. The molecule has 4 nitrogen and oxygen atoms in total. The summed E-state index contributed by atoms with van der Waals surface area (Å²) in [7, 11) is 0. The van der Waals surface area contributed by atoms with Crippen LogP contribution in [0.25, 0.3) is 0 Å². The van der Waals surface area contributed by atoms with E-state index in [9.17, 15) is 10.1 Å². The second-order valence-corrected chi connectivity index (χ2v) is 5.45. The molecule has 1 fully saturated rings. The standard InChI is InChI=1S/C13H17BrN2O2/c1-2-10-8-11(16(17)18)9-12(14)13(10)15-6-4-3-5-7-15/h8-9H,2-7H2,1H3. The maximum atomic E-state index is 10.9. The number of benzene rings is 1. The summed E-state index contributed by atoms with van der Waals surface area (Å²) in [5, 5.41) is 10.9. The summed E-state index contributed by atoms with van der Waals surface area (Å²) in [5.41, 5.74) is 2.36. The first-order chi connectivity index (χ1) is 8.63. The minimum Gasteiger partial charge on any atom is -0.370 e. The van der Waals surface area contributed by atoms with Gasteiger partial charge in [-0.3, -0.25) is 10.1 Å². The molecule has 1 aromatic carbocycles. The molecule has 0 bridgehead atoms. The molecule has 0 spiro atoms. The van der Waals surface area contributed by atoms with E-state index in [0.717, 1.165) is 35.2 Å². The molecule has 0 amide bonds. The molecular formula is C13H17BrN2O2. The first kappa shape index (κ1) is 13.3. The van der Waals surface area contributed by atoms with Gasteiger partial charge in [-0.05, 0) is 47.2 Å². The molecular weight excluding hydrogens is 296 g/mol. The van der Waals surface area contributed by atoms with E-state index in [0.29, 0.717) is 0 Å². The second-order valence-electron chi connectivity index (χ2n) is 4.59. The smallest absolute Gasteiger partial charge is 0.270 e. The first-order valence-electron chi connectivity index (χ1n) is 6.35. The summed E-state index contributed by atoms with van der Waals surface area (Å²) in [5.74, 6) is 0. The third-order valence-electron chi connectivity index (χ3n) is 3.39. The van der Waals surface area contributed by atoms with Gasteiger partial charge in [0, 0.05) is 29.7 Å². The van der Waals surface area contributed by atoms with Crippen molar-refractivity contribution in [1.29, 1.82) is 0 Å². The lowest BCUT2D eigenvalue weighted by Gasteiger charge is -2.31. The van der Waals surface area contributed by atoms with E-state index < -0.39 is 0 Å². The Hall–Kier alpha value is -1.10. The molecule has 5 heteroatoms. The monoisotopic (exact) mass is 312 g/mol. The highest BCUT2D eigenvalue weighted by atomic mass is 79.9. The highest BCUT2D eigenvalue weighted by molar-refractivity contribution is 9.10. The molecule has 0 aromatic heterocycles. The van der Waals surface area contributed by atoms with Crippen LogP contribution in [0.15, 0.2) is 16.6 Å². The Morgan fingerprint density at radius 1 is 1.33 bits per heavy atom. The quantitative estimate of drug-likeness (QED) is 0.628. The maximum absolute atomic E-state index is 10.9. The zero-order valence-electron chi connectivity index (χ0n) is 10.5. The van der Waals surface area contributed by atoms with Crippen molar-refractivity contribution in [3.8, 4) is 0 Å². The van der Waals surface area contributed by atoms with Crippen LogP contribution in [0.5, 0.6) is 0 Å². The van der Waals surface area contributed by atoms with Gasteiger partial charge in [-0.25, -0.2) is 0 Å². The Labute approximate surface area is 115 Å². The Morgan fingerprint density at radius 2 is 2.00 bits per heavy atom. The largest absolute Gasteiger partial charge is 0.370 e. The molecule has 1 aliphatic rings. The van der Waals surface area contributed by atoms with E-state index in [1.54, 1.807) is 12.1 Å². The van der Waals surface area contributed by atoms with Gasteiger partial charge >= 0.3 is 0 Å². The van der Waals surface area contributed by atoms with Crippen molar-refractivity contribution in [3.05, 3.63) is 32.3 Å². The van der Waals surface area contributed by atoms with Gasteiger partial charge in [0.25, 0.3) is 5.69 Å². The van der Waals surface area contributed by atoms with Gasteiger partial charge in [-0.2, -0.15) is 0 Å². The van der Waals surface area contributed by atoms with E-state index in [4.69, 9.17) is 0 Å². The number of hydrogen-bond donors (Lipinski definition) is 0. The van der Waals surface area contributed by atoms with Crippen LogP contribution >= 0.6 is 15.9 Å². The molecule has 1 heterocycles. The summed E-state index contributed by atoms with van der Waals surface area (Å²) in [6, 6.07) is 3.32. The van der Waals surface area contributed by atoms with Crippen molar-refractivity contribution in [1.82, 2.24) is 0 Å². The average molecular weight is 313 g/mol. The lowest BCUT2D eigenvalue weighted by Crippen LogP contribution is -2.30. The average Bonchev–Trinajstić information content (AvgIpc) is 2.38. The van der Waals surface area contributed by atoms with Gasteiger partial charge in [0.1, 0.15) is 0 Å². The van der Waals surface area contributed by atoms with Crippen LogP contribution in [0.1, 0.15) is 31.7 Å². The normalized spacial score (nSPS) is 15.8. The SMILES string of the molecule is CCc1cc([N+](=O)[O-])cc(Br)c1N1CCCCC1. The molecule has 0 unspecified atom stereocenters. The lowest BCUT2D eigenvalue weighted by molar-refractivity contribution is -0.385. The van der Waals surface area contributed by atoms with Crippen LogP contribution in [-0.4, -0.2) is 18.0 Å². The van der Waals surface area contributed by atoms with Crippen molar-refractivity contribution in [2.45, 2.75) is 32.6 Å². The molecule has 1 aliphatic heterocycles. The van der Waals surface area contributed by atoms with E-state index >= 15 is 0 Å². The van der Waals surface area contributed by atoms with Crippen molar-refractivity contribution < 1.29 is 4.92 Å². The number of aryl methyl sites for hydroxylation is 1. The molecule has 0 atom stereocenters. The minimum atomic E-state index is -0.329. The lowest BCUT2D eigenvalue weighted by atomic mass is 10.0. The Bertz CT molecular complexity index is 457. The molecule has 0 radical (unpaired) electrons. The molecule has 0 saturated carbocycles.